The molecule has 33 heavy (non-hydrogen) atoms. The number of piperidine rings is 2. The second-order valence-corrected chi connectivity index (χ2v) is 10.3. The summed E-state index contributed by atoms with van der Waals surface area (Å²) >= 11 is 0. The number of nitrogens with zero attached hydrogens (tertiary/aromatic N) is 2. The molecule has 0 aromatic heterocycles. The summed E-state index contributed by atoms with van der Waals surface area (Å²) in [6, 6.07) is 7.72. The minimum Gasteiger partial charge on any atom is -0.371 e. The van der Waals surface area contributed by atoms with E-state index < -0.39 is 40.1 Å². The average molecular weight is 481 g/mol. The van der Waals surface area contributed by atoms with Gasteiger partial charge < -0.3 is 26.0 Å². The van der Waals surface area contributed by atoms with Gasteiger partial charge in [0.1, 0.15) is 12.3 Å². The lowest BCUT2D eigenvalue weighted by Gasteiger charge is -2.39. The number of aryl methyl sites for hydroxylation is 1. The Balaban J connectivity index is 1.52. The number of likely N-dealkylation sites (tertiary alicyclic amines) is 2. The third-order valence-corrected chi connectivity index (χ3v) is 7.32. The highest BCUT2D eigenvalue weighted by atomic mass is 32.2. The molecule has 3 atom stereocenters. The summed E-state index contributed by atoms with van der Waals surface area (Å²) in [5.41, 5.74) is 6.36. The zero-order valence-electron chi connectivity index (χ0n) is 18.4. The number of rotatable bonds is 8. The van der Waals surface area contributed by atoms with Crippen molar-refractivity contribution in [2.45, 2.75) is 50.4 Å². The SMILES string of the molecule is N=C(N)N1CCC[C@H](NC(=O)CN2CCC[C@H](NS(=O)(=O)CCc3ccccc3)C2=O)C1O. The molecule has 12 heteroatoms. The quantitative estimate of drug-likeness (QED) is 0.233. The fraction of sp³-hybridized carbons (Fsp3) is 0.571. The number of nitrogens with two attached hydrogens (primary N) is 1. The zero-order chi connectivity index (χ0) is 24.0. The van der Waals surface area contributed by atoms with E-state index in [1.807, 2.05) is 30.3 Å². The fourth-order valence-corrected chi connectivity index (χ4v) is 5.47. The second kappa shape index (κ2) is 10.9. The zero-order valence-corrected chi connectivity index (χ0v) is 19.3. The standard InChI is InChI=1S/C21H32N6O5S/c22-21(23)27-12-5-8-16(20(27)30)24-18(28)14-26-11-4-9-17(19(26)29)25-33(31,32)13-10-15-6-2-1-3-7-15/h1-3,6-7,16-17,20,25,30H,4-5,8-14H2,(H3,22,23)(H,24,28)/t16-,17-,20?/m0/s1. The van der Waals surface area contributed by atoms with E-state index in [-0.39, 0.29) is 18.3 Å². The molecule has 1 unspecified atom stereocenters. The number of sulfonamides is 1. The van der Waals surface area contributed by atoms with Crippen molar-refractivity contribution in [1.29, 1.82) is 5.41 Å². The van der Waals surface area contributed by atoms with Gasteiger partial charge in [0.25, 0.3) is 0 Å². The molecule has 2 aliphatic heterocycles. The molecular weight excluding hydrogens is 448 g/mol. The first kappa shape index (κ1) is 24.9. The molecule has 1 aromatic rings. The highest BCUT2D eigenvalue weighted by Crippen LogP contribution is 2.16. The Kier molecular flexibility index (Phi) is 8.27. The number of amides is 2. The number of benzene rings is 1. The number of aliphatic hydroxyl groups is 1. The summed E-state index contributed by atoms with van der Waals surface area (Å²) in [6.07, 6.45) is 1.34. The normalized spacial score (nSPS) is 23.9. The number of hydrogen-bond acceptors (Lipinski definition) is 6. The number of aliphatic hydroxyl groups excluding tert-OH is 1. The van der Waals surface area contributed by atoms with Crippen molar-refractivity contribution < 1.29 is 23.1 Å². The first-order valence-corrected chi connectivity index (χ1v) is 12.7. The van der Waals surface area contributed by atoms with Crippen molar-refractivity contribution in [2.75, 3.05) is 25.4 Å². The Hall–Kier alpha value is -2.70. The van der Waals surface area contributed by atoms with Crippen LogP contribution in [-0.2, 0) is 26.0 Å². The van der Waals surface area contributed by atoms with Gasteiger partial charge in [-0.1, -0.05) is 30.3 Å². The van der Waals surface area contributed by atoms with Gasteiger partial charge in [0, 0.05) is 13.1 Å². The van der Waals surface area contributed by atoms with E-state index in [2.05, 4.69) is 10.0 Å². The Labute approximate surface area is 193 Å². The molecule has 2 saturated heterocycles. The maximum atomic E-state index is 12.8. The van der Waals surface area contributed by atoms with E-state index in [4.69, 9.17) is 11.1 Å². The largest absolute Gasteiger partial charge is 0.371 e. The molecule has 182 valence electrons. The maximum Gasteiger partial charge on any atom is 0.241 e. The summed E-state index contributed by atoms with van der Waals surface area (Å²) in [5, 5.41) is 20.6. The van der Waals surface area contributed by atoms with Gasteiger partial charge in [-0.05, 0) is 37.7 Å². The molecule has 6 N–H and O–H groups in total. The molecule has 11 nitrogen and oxygen atoms in total. The van der Waals surface area contributed by atoms with Crippen LogP contribution in [0.4, 0.5) is 0 Å². The lowest BCUT2D eigenvalue weighted by atomic mass is 10.0. The van der Waals surface area contributed by atoms with Crippen LogP contribution in [0.2, 0.25) is 0 Å². The Morgan fingerprint density at radius 2 is 1.88 bits per heavy atom. The first-order valence-electron chi connectivity index (χ1n) is 11.1. The van der Waals surface area contributed by atoms with Crippen LogP contribution in [0.5, 0.6) is 0 Å². The molecule has 0 spiro atoms. The summed E-state index contributed by atoms with van der Waals surface area (Å²) in [5.74, 6) is -1.29. The van der Waals surface area contributed by atoms with E-state index in [9.17, 15) is 23.1 Å². The predicted octanol–water partition coefficient (Wildman–Crippen LogP) is -1.07. The number of guanidine groups is 1. The van der Waals surface area contributed by atoms with Gasteiger partial charge >= 0.3 is 0 Å². The average Bonchev–Trinajstić information content (AvgIpc) is 2.77. The van der Waals surface area contributed by atoms with E-state index in [1.165, 1.54) is 9.80 Å². The van der Waals surface area contributed by atoms with Crippen LogP contribution in [0, 0.1) is 5.41 Å². The van der Waals surface area contributed by atoms with Crippen molar-refractivity contribution in [3.05, 3.63) is 35.9 Å². The van der Waals surface area contributed by atoms with Gasteiger partial charge in [-0.2, -0.15) is 0 Å². The van der Waals surface area contributed by atoms with Crippen molar-refractivity contribution in [1.82, 2.24) is 19.8 Å². The third-order valence-electron chi connectivity index (χ3n) is 5.94. The smallest absolute Gasteiger partial charge is 0.241 e. The van der Waals surface area contributed by atoms with Gasteiger partial charge in [0.05, 0.1) is 18.3 Å². The Morgan fingerprint density at radius 1 is 1.18 bits per heavy atom. The lowest BCUT2D eigenvalue weighted by molar-refractivity contribution is -0.140. The van der Waals surface area contributed by atoms with Gasteiger partial charge in [0.2, 0.25) is 21.8 Å². The highest BCUT2D eigenvalue weighted by Gasteiger charge is 2.35. The monoisotopic (exact) mass is 480 g/mol. The Bertz CT molecular complexity index is 957. The molecule has 1 aromatic carbocycles. The maximum absolute atomic E-state index is 12.8. The lowest BCUT2D eigenvalue weighted by Crippen LogP contribution is -2.60. The van der Waals surface area contributed by atoms with Crippen LogP contribution >= 0.6 is 0 Å². The van der Waals surface area contributed by atoms with Gasteiger partial charge in [-0.25, -0.2) is 13.1 Å². The molecular formula is C21H32N6O5S. The highest BCUT2D eigenvalue weighted by molar-refractivity contribution is 7.89. The number of carbonyl (C=O) groups excluding carboxylic acids is 2. The van der Waals surface area contributed by atoms with Crippen molar-refractivity contribution in [3.63, 3.8) is 0 Å². The second-order valence-electron chi connectivity index (χ2n) is 8.44. The van der Waals surface area contributed by atoms with Crippen LogP contribution in [0.3, 0.4) is 0 Å². The van der Waals surface area contributed by atoms with Crippen molar-refractivity contribution in [3.8, 4) is 0 Å². The van der Waals surface area contributed by atoms with E-state index in [1.54, 1.807) is 0 Å². The minimum atomic E-state index is -3.68. The van der Waals surface area contributed by atoms with Crippen LogP contribution in [-0.4, -0.2) is 84.8 Å². The van der Waals surface area contributed by atoms with E-state index >= 15 is 0 Å². The Morgan fingerprint density at radius 3 is 2.58 bits per heavy atom. The number of carbonyl (C=O) groups is 2. The van der Waals surface area contributed by atoms with E-state index in [0.29, 0.717) is 45.2 Å². The molecule has 2 fully saturated rings. The molecule has 0 saturated carbocycles. The summed E-state index contributed by atoms with van der Waals surface area (Å²) in [4.78, 5) is 28.0. The molecule has 0 aliphatic carbocycles. The van der Waals surface area contributed by atoms with Gasteiger partial charge in [-0.15, -0.1) is 0 Å². The molecule has 2 heterocycles. The van der Waals surface area contributed by atoms with Crippen LogP contribution in [0.25, 0.3) is 0 Å². The number of nitrogens with one attached hydrogen (secondary N) is 3. The van der Waals surface area contributed by atoms with E-state index in [0.717, 1.165) is 5.56 Å². The minimum absolute atomic E-state index is 0.131. The molecule has 2 amide bonds. The molecule has 0 radical (unpaired) electrons. The predicted molar refractivity (Wildman–Crippen MR) is 122 cm³/mol. The third kappa shape index (κ3) is 6.89. The van der Waals surface area contributed by atoms with Crippen LogP contribution < -0.4 is 15.8 Å². The van der Waals surface area contributed by atoms with Gasteiger partial charge in [-0.3, -0.25) is 15.0 Å². The van der Waals surface area contributed by atoms with Crippen LogP contribution in [0.1, 0.15) is 31.2 Å². The molecule has 0 bridgehead atoms. The van der Waals surface area contributed by atoms with Gasteiger partial charge in [0.15, 0.2) is 5.96 Å². The van der Waals surface area contributed by atoms with Crippen molar-refractivity contribution >= 4 is 27.8 Å². The number of hydrogen-bond donors (Lipinski definition) is 5. The fourth-order valence-electron chi connectivity index (χ4n) is 4.19. The molecule has 3 rings (SSSR count). The topological polar surface area (TPSA) is 169 Å². The summed E-state index contributed by atoms with van der Waals surface area (Å²) in [7, 11) is -3.68. The van der Waals surface area contributed by atoms with Crippen LogP contribution in [0.15, 0.2) is 30.3 Å². The summed E-state index contributed by atoms with van der Waals surface area (Å²) in [6.45, 7) is 0.547. The summed E-state index contributed by atoms with van der Waals surface area (Å²) < 4.78 is 27.5. The molecule has 2 aliphatic rings. The van der Waals surface area contributed by atoms with Crippen molar-refractivity contribution in [2.24, 2.45) is 5.73 Å². The first-order chi connectivity index (χ1) is 15.7.